The smallest absolute Gasteiger partial charge is 0.372 e. The van der Waals surface area contributed by atoms with Crippen LogP contribution in [0.15, 0.2) is 24.4 Å². The number of rotatable bonds is 5. The van der Waals surface area contributed by atoms with Crippen LogP contribution in [0.4, 0.5) is 19.0 Å². The highest BCUT2D eigenvalue weighted by molar-refractivity contribution is 5.33. The average molecular weight is 341 g/mol. The Kier molecular flexibility index (Phi) is 4.70. The Morgan fingerprint density at radius 3 is 2.79 bits per heavy atom. The van der Waals surface area contributed by atoms with Gasteiger partial charge in [0.1, 0.15) is 11.9 Å². The van der Waals surface area contributed by atoms with E-state index >= 15 is 0 Å². The van der Waals surface area contributed by atoms with E-state index < -0.39 is 11.9 Å². The van der Waals surface area contributed by atoms with Gasteiger partial charge in [0.2, 0.25) is 0 Å². The number of hydrogen-bond acceptors (Lipinski definition) is 5. The molecule has 1 saturated heterocycles. The van der Waals surface area contributed by atoms with Crippen molar-refractivity contribution in [3.8, 4) is 0 Å². The molecule has 0 saturated carbocycles. The zero-order valence-corrected chi connectivity index (χ0v) is 13.1. The minimum atomic E-state index is -4.48. The predicted molar refractivity (Wildman–Crippen MR) is 80.2 cm³/mol. The van der Waals surface area contributed by atoms with E-state index in [-0.39, 0.29) is 12.0 Å². The molecule has 1 aliphatic heterocycles. The molecular weight excluding hydrogens is 323 g/mol. The first kappa shape index (κ1) is 16.7. The summed E-state index contributed by atoms with van der Waals surface area (Å²) in [7, 11) is 0. The molecule has 24 heavy (non-hydrogen) atoms. The number of alkyl halides is 3. The summed E-state index contributed by atoms with van der Waals surface area (Å²) in [6, 6.07) is 4.14. The maximum atomic E-state index is 12.5. The lowest BCUT2D eigenvalue weighted by molar-refractivity contribution is -0.141. The quantitative estimate of drug-likeness (QED) is 0.906. The van der Waals surface area contributed by atoms with E-state index in [1.165, 1.54) is 6.07 Å². The van der Waals surface area contributed by atoms with E-state index in [1.54, 1.807) is 6.20 Å². The van der Waals surface area contributed by atoms with E-state index in [0.717, 1.165) is 24.7 Å². The van der Waals surface area contributed by atoms with Crippen molar-refractivity contribution in [2.75, 3.05) is 18.5 Å². The number of nitrogens with one attached hydrogen (secondary N) is 1. The molecule has 9 heteroatoms. The van der Waals surface area contributed by atoms with Crippen LogP contribution in [-0.2, 0) is 17.5 Å². The first-order valence-corrected chi connectivity index (χ1v) is 7.77. The zero-order valence-electron chi connectivity index (χ0n) is 13.1. The van der Waals surface area contributed by atoms with Crippen LogP contribution in [0.1, 0.15) is 30.8 Å². The molecule has 3 heterocycles. The number of anilines is 1. The van der Waals surface area contributed by atoms with Gasteiger partial charge in [-0.3, -0.25) is 4.68 Å². The van der Waals surface area contributed by atoms with Gasteiger partial charge in [-0.05, 0) is 31.5 Å². The highest BCUT2D eigenvalue weighted by atomic mass is 19.4. The minimum Gasteiger partial charge on any atom is -0.372 e. The van der Waals surface area contributed by atoms with Gasteiger partial charge in [0.15, 0.2) is 5.69 Å². The van der Waals surface area contributed by atoms with Crippen LogP contribution < -0.4 is 5.32 Å². The van der Waals surface area contributed by atoms with Gasteiger partial charge in [0.05, 0.1) is 5.69 Å². The molecule has 3 rings (SSSR count). The number of nitrogens with zero attached hydrogens (tertiary/aromatic N) is 4. The topological polar surface area (TPSA) is 64.9 Å². The van der Waals surface area contributed by atoms with E-state index in [1.807, 2.05) is 17.7 Å². The molecule has 0 amide bonds. The molecule has 0 aromatic carbocycles. The fourth-order valence-electron chi connectivity index (χ4n) is 2.83. The van der Waals surface area contributed by atoms with Crippen molar-refractivity contribution < 1.29 is 17.9 Å². The van der Waals surface area contributed by atoms with Crippen molar-refractivity contribution in [1.29, 1.82) is 0 Å². The molecule has 2 aromatic rings. The predicted octanol–water partition coefficient (Wildman–Crippen LogP) is 2.90. The summed E-state index contributed by atoms with van der Waals surface area (Å²) in [6.45, 7) is 3.95. The highest BCUT2D eigenvalue weighted by Gasteiger charge is 2.33. The number of aryl methyl sites for hydroxylation is 1. The standard InChI is InChI=1S/C15H18F3N5O/c1-2-23-11(5-7-20-23)14-10(6-8-24-14)9-19-13-4-3-12(21-22-13)15(16,17)18/h3-5,7,10,14H,2,6,8-9H2,1H3,(H,19,22)/t10-,14+/m0/s1. The lowest BCUT2D eigenvalue weighted by Gasteiger charge is -2.20. The lowest BCUT2D eigenvalue weighted by atomic mass is 9.99. The molecule has 6 nitrogen and oxygen atoms in total. The normalized spacial score (nSPS) is 21.2. The zero-order chi connectivity index (χ0) is 17.2. The molecule has 0 bridgehead atoms. The van der Waals surface area contributed by atoms with E-state index in [9.17, 15) is 13.2 Å². The molecular formula is C15H18F3N5O. The number of aromatic nitrogens is 4. The molecule has 2 atom stereocenters. The van der Waals surface area contributed by atoms with Crippen LogP contribution in [0.2, 0.25) is 0 Å². The van der Waals surface area contributed by atoms with Gasteiger partial charge in [-0.15, -0.1) is 10.2 Å². The Hall–Kier alpha value is -2.16. The van der Waals surface area contributed by atoms with Gasteiger partial charge in [-0.25, -0.2) is 0 Å². The summed E-state index contributed by atoms with van der Waals surface area (Å²) in [5.41, 5.74) is 0.0160. The van der Waals surface area contributed by atoms with Gasteiger partial charge in [-0.2, -0.15) is 18.3 Å². The first-order valence-electron chi connectivity index (χ1n) is 7.77. The summed E-state index contributed by atoms with van der Waals surface area (Å²) in [5.74, 6) is 0.508. The van der Waals surface area contributed by atoms with Gasteiger partial charge in [0, 0.05) is 31.8 Å². The monoisotopic (exact) mass is 341 g/mol. The van der Waals surface area contributed by atoms with Crippen molar-refractivity contribution in [3.05, 3.63) is 35.8 Å². The Balaban J connectivity index is 1.63. The van der Waals surface area contributed by atoms with Crippen LogP contribution >= 0.6 is 0 Å². The fourth-order valence-corrected chi connectivity index (χ4v) is 2.83. The molecule has 1 fully saturated rings. The van der Waals surface area contributed by atoms with Crippen LogP contribution in [0.25, 0.3) is 0 Å². The Morgan fingerprint density at radius 1 is 1.29 bits per heavy atom. The van der Waals surface area contributed by atoms with Crippen LogP contribution in [0.3, 0.4) is 0 Å². The number of hydrogen-bond donors (Lipinski definition) is 1. The Morgan fingerprint density at radius 2 is 2.12 bits per heavy atom. The first-order chi connectivity index (χ1) is 11.5. The molecule has 130 valence electrons. The summed E-state index contributed by atoms with van der Waals surface area (Å²) in [6.07, 6.45) is -1.95. The van der Waals surface area contributed by atoms with Gasteiger partial charge >= 0.3 is 6.18 Å². The van der Waals surface area contributed by atoms with Crippen LogP contribution in [0, 0.1) is 5.92 Å². The second kappa shape index (κ2) is 6.76. The molecule has 0 unspecified atom stereocenters. The summed E-state index contributed by atoms with van der Waals surface area (Å²) < 4.78 is 45.2. The Labute approximate surface area is 137 Å². The largest absolute Gasteiger partial charge is 0.435 e. The van der Waals surface area contributed by atoms with Crippen molar-refractivity contribution >= 4 is 5.82 Å². The average Bonchev–Trinajstić information content (AvgIpc) is 3.20. The molecule has 1 aliphatic rings. The van der Waals surface area contributed by atoms with E-state index in [2.05, 4.69) is 20.6 Å². The second-order valence-electron chi connectivity index (χ2n) is 5.59. The fraction of sp³-hybridized carbons (Fsp3) is 0.533. The lowest BCUT2D eigenvalue weighted by Crippen LogP contribution is -2.21. The van der Waals surface area contributed by atoms with Crippen LogP contribution in [0.5, 0.6) is 0 Å². The number of halogens is 3. The van der Waals surface area contributed by atoms with Crippen LogP contribution in [-0.4, -0.2) is 33.1 Å². The van der Waals surface area contributed by atoms with Gasteiger partial charge in [0.25, 0.3) is 0 Å². The molecule has 2 aromatic heterocycles. The minimum absolute atomic E-state index is 0.0812. The summed E-state index contributed by atoms with van der Waals surface area (Å²) in [5, 5.41) is 14.1. The van der Waals surface area contributed by atoms with Crippen molar-refractivity contribution in [2.45, 2.75) is 32.2 Å². The highest BCUT2D eigenvalue weighted by Crippen LogP contribution is 2.34. The van der Waals surface area contributed by atoms with Gasteiger partial charge < -0.3 is 10.1 Å². The summed E-state index contributed by atoms with van der Waals surface area (Å²) in [4.78, 5) is 0. The molecule has 0 spiro atoms. The van der Waals surface area contributed by atoms with Crippen molar-refractivity contribution in [1.82, 2.24) is 20.0 Å². The summed E-state index contributed by atoms with van der Waals surface area (Å²) >= 11 is 0. The van der Waals surface area contributed by atoms with Gasteiger partial charge in [-0.1, -0.05) is 0 Å². The molecule has 0 radical (unpaired) electrons. The van der Waals surface area contributed by atoms with Crippen molar-refractivity contribution in [3.63, 3.8) is 0 Å². The SMILES string of the molecule is CCn1nccc1[C@@H]1OCC[C@H]1CNc1ccc(C(F)(F)F)nn1. The Bertz CT molecular complexity index is 670. The second-order valence-corrected chi connectivity index (χ2v) is 5.59. The third-order valence-electron chi connectivity index (χ3n) is 4.05. The van der Waals surface area contributed by atoms with Crippen molar-refractivity contribution in [2.24, 2.45) is 5.92 Å². The third kappa shape index (κ3) is 3.50. The van der Waals surface area contributed by atoms with E-state index in [4.69, 9.17) is 4.74 Å². The third-order valence-corrected chi connectivity index (χ3v) is 4.05. The maximum absolute atomic E-state index is 12.5. The van der Waals surface area contributed by atoms with E-state index in [0.29, 0.717) is 19.0 Å². The molecule has 0 aliphatic carbocycles. The number of ether oxygens (including phenoxy) is 1. The maximum Gasteiger partial charge on any atom is 0.435 e. The molecule has 1 N–H and O–H groups in total.